The van der Waals surface area contributed by atoms with Gasteiger partial charge in [0.05, 0.1) is 0 Å². The highest BCUT2D eigenvalue weighted by Gasteiger charge is 2.23. The largest absolute Gasteiger partial charge is 0.300 e. The van der Waals surface area contributed by atoms with Crippen molar-refractivity contribution in [3.8, 4) is 0 Å². The van der Waals surface area contributed by atoms with Crippen LogP contribution in [0.15, 0.2) is 12.7 Å². The Labute approximate surface area is 81.2 Å². The summed E-state index contributed by atoms with van der Waals surface area (Å²) in [6, 6.07) is 0. The Hall–Kier alpha value is -0.590. The van der Waals surface area contributed by atoms with Crippen molar-refractivity contribution in [1.82, 2.24) is 0 Å². The van der Waals surface area contributed by atoms with Crippen molar-refractivity contribution >= 4 is 5.78 Å². The first-order chi connectivity index (χ1) is 6.33. The fourth-order valence-electron chi connectivity index (χ4n) is 1.53. The van der Waals surface area contributed by atoms with Gasteiger partial charge in [0.15, 0.2) is 0 Å². The van der Waals surface area contributed by atoms with Gasteiger partial charge in [-0.05, 0) is 38.0 Å². The summed E-state index contributed by atoms with van der Waals surface area (Å²) in [6.07, 6.45) is 10.8. The SMILES string of the molecule is C=CCCCCCC(=O)CC1CC1. The van der Waals surface area contributed by atoms with Gasteiger partial charge in [-0.3, -0.25) is 4.79 Å². The molecule has 0 aromatic heterocycles. The molecule has 0 aromatic carbocycles. The topological polar surface area (TPSA) is 17.1 Å². The quantitative estimate of drug-likeness (QED) is 0.413. The predicted octanol–water partition coefficient (Wildman–Crippen LogP) is 3.49. The van der Waals surface area contributed by atoms with E-state index in [-0.39, 0.29) is 0 Å². The maximum absolute atomic E-state index is 11.3. The molecule has 0 atom stereocenters. The maximum Gasteiger partial charge on any atom is 0.133 e. The van der Waals surface area contributed by atoms with Crippen LogP contribution in [0.2, 0.25) is 0 Å². The zero-order chi connectivity index (χ0) is 9.52. The molecule has 0 N–H and O–H groups in total. The van der Waals surface area contributed by atoms with Crippen molar-refractivity contribution < 1.29 is 4.79 Å². The van der Waals surface area contributed by atoms with E-state index < -0.39 is 0 Å². The van der Waals surface area contributed by atoms with Gasteiger partial charge in [0.1, 0.15) is 5.78 Å². The second-order valence-electron chi connectivity index (χ2n) is 4.07. The molecule has 0 spiro atoms. The molecule has 1 rings (SSSR count). The summed E-state index contributed by atoms with van der Waals surface area (Å²) in [4.78, 5) is 11.3. The molecule has 0 amide bonds. The average molecular weight is 180 g/mol. The van der Waals surface area contributed by atoms with Gasteiger partial charge in [-0.1, -0.05) is 12.5 Å². The molecule has 0 aliphatic heterocycles. The predicted molar refractivity (Wildman–Crippen MR) is 55.6 cm³/mol. The van der Waals surface area contributed by atoms with Crippen LogP contribution in [0.1, 0.15) is 51.4 Å². The Balaban J connectivity index is 1.85. The highest BCUT2D eigenvalue weighted by atomic mass is 16.1. The lowest BCUT2D eigenvalue weighted by molar-refractivity contribution is -0.119. The van der Waals surface area contributed by atoms with Gasteiger partial charge in [-0.2, -0.15) is 0 Å². The molecule has 74 valence electrons. The normalized spacial score (nSPS) is 15.7. The van der Waals surface area contributed by atoms with Crippen LogP contribution < -0.4 is 0 Å². The van der Waals surface area contributed by atoms with E-state index in [1.165, 1.54) is 25.7 Å². The van der Waals surface area contributed by atoms with Crippen molar-refractivity contribution in [3.63, 3.8) is 0 Å². The first-order valence-corrected chi connectivity index (χ1v) is 5.45. The van der Waals surface area contributed by atoms with Crippen molar-refractivity contribution in [3.05, 3.63) is 12.7 Å². The summed E-state index contributed by atoms with van der Waals surface area (Å²) in [5.41, 5.74) is 0. The number of rotatable bonds is 8. The molecule has 1 aliphatic carbocycles. The van der Waals surface area contributed by atoms with Gasteiger partial charge in [0.25, 0.3) is 0 Å². The smallest absolute Gasteiger partial charge is 0.133 e. The summed E-state index contributed by atoms with van der Waals surface area (Å²) in [5.74, 6) is 1.25. The van der Waals surface area contributed by atoms with Gasteiger partial charge in [0.2, 0.25) is 0 Å². The van der Waals surface area contributed by atoms with Gasteiger partial charge in [-0.15, -0.1) is 6.58 Å². The summed E-state index contributed by atoms with van der Waals surface area (Å²) in [5, 5.41) is 0. The number of carbonyl (C=O) groups excluding carboxylic acids is 1. The van der Waals surface area contributed by atoms with Crippen molar-refractivity contribution in [2.45, 2.75) is 51.4 Å². The Morgan fingerprint density at radius 3 is 2.69 bits per heavy atom. The minimum absolute atomic E-state index is 0.487. The summed E-state index contributed by atoms with van der Waals surface area (Å²) < 4.78 is 0. The van der Waals surface area contributed by atoms with E-state index >= 15 is 0 Å². The zero-order valence-corrected chi connectivity index (χ0v) is 8.43. The summed E-state index contributed by atoms with van der Waals surface area (Å²) in [6.45, 7) is 3.67. The standard InChI is InChI=1S/C12H20O/c1-2-3-4-5-6-7-12(13)10-11-8-9-11/h2,11H,1,3-10H2. The average Bonchev–Trinajstić information content (AvgIpc) is 2.88. The number of carbonyl (C=O) groups is 1. The second-order valence-corrected chi connectivity index (χ2v) is 4.07. The minimum atomic E-state index is 0.487. The molecule has 1 aliphatic rings. The monoisotopic (exact) mass is 180 g/mol. The van der Waals surface area contributed by atoms with Gasteiger partial charge < -0.3 is 0 Å². The molecule has 0 saturated heterocycles. The van der Waals surface area contributed by atoms with E-state index in [1.54, 1.807) is 0 Å². The number of allylic oxidation sites excluding steroid dienone is 1. The molecule has 1 heteroatoms. The fourth-order valence-corrected chi connectivity index (χ4v) is 1.53. The maximum atomic E-state index is 11.3. The third kappa shape index (κ3) is 5.62. The molecule has 0 unspecified atom stereocenters. The minimum Gasteiger partial charge on any atom is -0.300 e. The molecule has 1 fully saturated rings. The van der Waals surface area contributed by atoms with E-state index in [0.717, 1.165) is 31.6 Å². The Morgan fingerprint density at radius 2 is 2.08 bits per heavy atom. The van der Waals surface area contributed by atoms with E-state index in [9.17, 15) is 4.79 Å². The highest BCUT2D eigenvalue weighted by molar-refractivity contribution is 5.78. The Bertz CT molecular complexity index is 168. The van der Waals surface area contributed by atoms with Crippen LogP contribution >= 0.6 is 0 Å². The molecule has 1 nitrogen and oxygen atoms in total. The van der Waals surface area contributed by atoms with Crippen LogP contribution in [0.5, 0.6) is 0 Å². The first kappa shape index (κ1) is 10.5. The number of hydrogen-bond donors (Lipinski definition) is 0. The number of unbranched alkanes of at least 4 members (excludes halogenated alkanes) is 3. The lowest BCUT2D eigenvalue weighted by Gasteiger charge is -1.98. The molecule has 0 radical (unpaired) electrons. The van der Waals surface area contributed by atoms with E-state index in [2.05, 4.69) is 6.58 Å². The van der Waals surface area contributed by atoms with Gasteiger partial charge in [0, 0.05) is 12.8 Å². The van der Waals surface area contributed by atoms with Crippen LogP contribution in [-0.2, 0) is 4.79 Å². The fraction of sp³-hybridized carbons (Fsp3) is 0.750. The first-order valence-electron chi connectivity index (χ1n) is 5.45. The van der Waals surface area contributed by atoms with E-state index in [4.69, 9.17) is 0 Å². The van der Waals surface area contributed by atoms with Crippen molar-refractivity contribution in [2.75, 3.05) is 0 Å². The summed E-state index contributed by atoms with van der Waals surface area (Å²) in [7, 11) is 0. The second kappa shape index (κ2) is 5.95. The number of hydrogen-bond acceptors (Lipinski definition) is 1. The van der Waals surface area contributed by atoms with Gasteiger partial charge in [-0.25, -0.2) is 0 Å². The number of Topliss-reactive ketones (excluding diaryl/α,β-unsaturated/α-hetero) is 1. The molecule has 1 saturated carbocycles. The molecular weight excluding hydrogens is 160 g/mol. The molecular formula is C12H20O. The molecule has 0 heterocycles. The third-order valence-electron chi connectivity index (χ3n) is 2.58. The molecule has 13 heavy (non-hydrogen) atoms. The molecule has 0 aromatic rings. The van der Waals surface area contributed by atoms with E-state index in [0.29, 0.717) is 5.78 Å². The van der Waals surface area contributed by atoms with E-state index in [1.807, 2.05) is 6.08 Å². The zero-order valence-electron chi connectivity index (χ0n) is 8.43. The van der Waals surface area contributed by atoms with Crippen LogP contribution in [0, 0.1) is 5.92 Å². The Kier molecular flexibility index (Phi) is 4.81. The van der Waals surface area contributed by atoms with Crippen LogP contribution in [0.25, 0.3) is 0 Å². The number of ketones is 1. The lowest BCUT2D eigenvalue weighted by atomic mass is 10.1. The molecule has 0 bridgehead atoms. The van der Waals surface area contributed by atoms with Gasteiger partial charge >= 0.3 is 0 Å². The van der Waals surface area contributed by atoms with Crippen molar-refractivity contribution in [1.29, 1.82) is 0 Å². The van der Waals surface area contributed by atoms with Crippen molar-refractivity contribution in [2.24, 2.45) is 5.92 Å². The van der Waals surface area contributed by atoms with Crippen LogP contribution in [0.3, 0.4) is 0 Å². The van der Waals surface area contributed by atoms with Crippen LogP contribution in [0.4, 0.5) is 0 Å². The summed E-state index contributed by atoms with van der Waals surface area (Å²) >= 11 is 0. The third-order valence-corrected chi connectivity index (χ3v) is 2.58. The Morgan fingerprint density at radius 1 is 1.31 bits per heavy atom. The highest BCUT2D eigenvalue weighted by Crippen LogP contribution is 2.32. The van der Waals surface area contributed by atoms with Crippen LogP contribution in [-0.4, -0.2) is 5.78 Å². The lowest BCUT2D eigenvalue weighted by Crippen LogP contribution is -1.98.